The van der Waals surface area contributed by atoms with Gasteiger partial charge in [0, 0.05) is 23.2 Å². The first-order valence-electron chi connectivity index (χ1n) is 6.51. The largest absolute Gasteiger partial charge is 0.483 e. The second-order valence-corrected chi connectivity index (χ2v) is 5.44. The van der Waals surface area contributed by atoms with Crippen molar-refractivity contribution in [2.75, 3.05) is 13.2 Å². The van der Waals surface area contributed by atoms with Crippen molar-refractivity contribution >= 4 is 17.5 Å². The Morgan fingerprint density at radius 2 is 2.32 bits per heavy atom. The Bertz CT molecular complexity index is 459. The Hall–Kier alpha value is -1.26. The minimum atomic E-state index is -0.191. The number of halogens is 1. The summed E-state index contributed by atoms with van der Waals surface area (Å²) >= 11 is 5.92. The van der Waals surface area contributed by atoms with Crippen LogP contribution < -0.4 is 15.8 Å². The van der Waals surface area contributed by atoms with Gasteiger partial charge in [0.2, 0.25) is 0 Å². The third kappa shape index (κ3) is 4.40. The lowest BCUT2D eigenvalue weighted by Crippen LogP contribution is -2.30. The van der Waals surface area contributed by atoms with Gasteiger partial charge in [0.1, 0.15) is 5.75 Å². The van der Waals surface area contributed by atoms with Gasteiger partial charge in [-0.15, -0.1) is 0 Å². The van der Waals surface area contributed by atoms with Gasteiger partial charge >= 0.3 is 0 Å². The number of carbonyl (C=O) groups is 1. The van der Waals surface area contributed by atoms with E-state index in [1.54, 1.807) is 18.2 Å². The highest BCUT2D eigenvalue weighted by Gasteiger charge is 2.21. The van der Waals surface area contributed by atoms with E-state index in [0.717, 1.165) is 12.1 Å². The fraction of sp³-hybridized carbons (Fsp3) is 0.500. The summed E-state index contributed by atoms with van der Waals surface area (Å²) in [6.07, 6.45) is 2.43. The topological polar surface area (TPSA) is 64.3 Å². The Balaban J connectivity index is 1.88. The molecule has 1 atom stereocenters. The Kier molecular flexibility index (Phi) is 4.66. The molecular weight excluding hydrogens is 264 g/mol. The highest BCUT2D eigenvalue weighted by Crippen LogP contribution is 2.28. The molecule has 19 heavy (non-hydrogen) atoms. The molecule has 0 heterocycles. The van der Waals surface area contributed by atoms with Gasteiger partial charge in [-0.3, -0.25) is 4.79 Å². The van der Waals surface area contributed by atoms with Crippen LogP contribution >= 0.6 is 11.6 Å². The molecular formula is C14H19ClN2O2. The average Bonchev–Trinajstić information content (AvgIpc) is 3.18. The molecule has 3 N–H and O–H groups in total. The van der Waals surface area contributed by atoms with Crippen molar-refractivity contribution < 1.29 is 9.53 Å². The van der Waals surface area contributed by atoms with E-state index in [1.165, 1.54) is 12.8 Å². The number of amides is 1. The van der Waals surface area contributed by atoms with E-state index in [2.05, 4.69) is 5.32 Å². The number of nitrogens with one attached hydrogen (secondary N) is 1. The molecule has 1 saturated carbocycles. The van der Waals surface area contributed by atoms with E-state index < -0.39 is 0 Å². The van der Waals surface area contributed by atoms with E-state index in [0.29, 0.717) is 16.7 Å². The van der Waals surface area contributed by atoms with E-state index in [9.17, 15) is 4.79 Å². The van der Waals surface area contributed by atoms with Gasteiger partial charge in [0.05, 0.1) is 0 Å². The molecule has 1 aliphatic carbocycles. The molecule has 0 aliphatic heterocycles. The van der Waals surface area contributed by atoms with Crippen LogP contribution in [0, 0.1) is 5.92 Å². The lowest BCUT2D eigenvalue weighted by atomic mass is 10.1. The van der Waals surface area contributed by atoms with Crippen LogP contribution in [0.4, 0.5) is 0 Å². The number of hydrogen-bond acceptors (Lipinski definition) is 3. The normalized spacial score (nSPS) is 15.9. The second-order valence-electron chi connectivity index (χ2n) is 5.01. The summed E-state index contributed by atoms with van der Waals surface area (Å²) in [5.74, 6) is 1.18. The highest BCUT2D eigenvalue weighted by atomic mass is 35.5. The van der Waals surface area contributed by atoms with Crippen molar-refractivity contribution in [2.24, 2.45) is 11.7 Å². The van der Waals surface area contributed by atoms with Crippen LogP contribution in [0.15, 0.2) is 18.2 Å². The average molecular weight is 283 g/mol. The molecule has 1 aromatic rings. The molecule has 0 radical (unpaired) electrons. The molecule has 0 unspecified atom stereocenters. The molecule has 2 rings (SSSR count). The zero-order chi connectivity index (χ0) is 13.8. The molecule has 0 aromatic heterocycles. The third-order valence-corrected chi connectivity index (χ3v) is 3.34. The third-order valence-electron chi connectivity index (χ3n) is 3.11. The summed E-state index contributed by atoms with van der Waals surface area (Å²) in [6, 6.07) is 5.05. The first-order valence-corrected chi connectivity index (χ1v) is 6.88. The first kappa shape index (κ1) is 14.2. The molecule has 0 saturated heterocycles. The number of nitrogens with two attached hydrogens (primary N) is 1. The quantitative estimate of drug-likeness (QED) is 0.841. The maximum Gasteiger partial charge on any atom is 0.257 e. The van der Waals surface area contributed by atoms with Gasteiger partial charge < -0.3 is 15.8 Å². The second kappa shape index (κ2) is 6.26. The SMILES string of the molecule is C[C@H](N)c1cc(Cl)ccc1OCC(=O)NCC1CC1. The number of ether oxygens (including phenoxy) is 1. The number of rotatable bonds is 6. The van der Waals surface area contributed by atoms with Gasteiger partial charge in [0.15, 0.2) is 6.61 Å². The molecule has 1 fully saturated rings. The van der Waals surface area contributed by atoms with Gasteiger partial charge in [-0.05, 0) is 43.9 Å². The summed E-state index contributed by atoms with van der Waals surface area (Å²) in [5.41, 5.74) is 6.67. The summed E-state index contributed by atoms with van der Waals surface area (Å²) in [4.78, 5) is 11.6. The predicted molar refractivity (Wildman–Crippen MR) is 75.3 cm³/mol. The van der Waals surface area contributed by atoms with Crippen LogP contribution in [0.1, 0.15) is 31.4 Å². The van der Waals surface area contributed by atoms with E-state index in [-0.39, 0.29) is 18.6 Å². The Labute approximate surface area is 118 Å². The molecule has 104 valence electrons. The smallest absolute Gasteiger partial charge is 0.257 e. The molecule has 1 amide bonds. The van der Waals surface area contributed by atoms with Gasteiger partial charge in [-0.1, -0.05) is 11.6 Å². The molecule has 0 spiro atoms. The van der Waals surface area contributed by atoms with Crippen molar-refractivity contribution in [1.82, 2.24) is 5.32 Å². The maximum absolute atomic E-state index is 11.6. The highest BCUT2D eigenvalue weighted by molar-refractivity contribution is 6.30. The Morgan fingerprint density at radius 1 is 1.58 bits per heavy atom. The minimum Gasteiger partial charge on any atom is -0.483 e. The monoisotopic (exact) mass is 282 g/mol. The summed E-state index contributed by atoms with van der Waals surface area (Å²) in [5, 5.41) is 3.46. The number of carbonyl (C=O) groups excluding carboxylic acids is 1. The zero-order valence-electron chi connectivity index (χ0n) is 11.0. The zero-order valence-corrected chi connectivity index (χ0v) is 11.7. The van der Waals surface area contributed by atoms with Crippen molar-refractivity contribution in [3.8, 4) is 5.75 Å². The number of hydrogen-bond donors (Lipinski definition) is 2. The molecule has 5 heteroatoms. The maximum atomic E-state index is 11.6. The predicted octanol–water partition coefficient (Wildman–Crippen LogP) is 2.26. The van der Waals surface area contributed by atoms with E-state index in [1.807, 2.05) is 6.92 Å². The van der Waals surface area contributed by atoms with Crippen molar-refractivity contribution in [3.63, 3.8) is 0 Å². The fourth-order valence-electron chi connectivity index (χ4n) is 1.78. The summed E-state index contributed by atoms with van der Waals surface area (Å²) < 4.78 is 5.52. The first-order chi connectivity index (χ1) is 9.06. The lowest BCUT2D eigenvalue weighted by Gasteiger charge is -2.14. The lowest BCUT2D eigenvalue weighted by molar-refractivity contribution is -0.123. The van der Waals surface area contributed by atoms with Crippen LogP contribution in [-0.2, 0) is 4.79 Å². The molecule has 0 bridgehead atoms. The Morgan fingerprint density at radius 3 is 2.95 bits per heavy atom. The standard InChI is InChI=1S/C14H19ClN2O2/c1-9(16)12-6-11(15)4-5-13(12)19-8-14(18)17-7-10-2-3-10/h4-6,9-10H,2-3,7-8,16H2,1H3,(H,17,18)/t9-/m0/s1. The van der Waals surface area contributed by atoms with Crippen LogP contribution in [0.25, 0.3) is 0 Å². The van der Waals surface area contributed by atoms with Crippen LogP contribution in [0.3, 0.4) is 0 Å². The van der Waals surface area contributed by atoms with Crippen molar-refractivity contribution in [3.05, 3.63) is 28.8 Å². The van der Waals surface area contributed by atoms with Gasteiger partial charge in [-0.25, -0.2) is 0 Å². The van der Waals surface area contributed by atoms with Crippen LogP contribution in [0.5, 0.6) is 5.75 Å². The molecule has 1 aromatic carbocycles. The van der Waals surface area contributed by atoms with Crippen molar-refractivity contribution in [2.45, 2.75) is 25.8 Å². The van der Waals surface area contributed by atoms with Crippen LogP contribution in [0.2, 0.25) is 5.02 Å². The van der Waals surface area contributed by atoms with Crippen molar-refractivity contribution in [1.29, 1.82) is 0 Å². The molecule has 1 aliphatic rings. The fourth-order valence-corrected chi connectivity index (χ4v) is 1.96. The number of benzene rings is 1. The summed E-state index contributed by atoms with van der Waals surface area (Å²) in [7, 11) is 0. The van der Waals surface area contributed by atoms with E-state index >= 15 is 0 Å². The van der Waals surface area contributed by atoms with Gasteiger partial charge in [-0.2, -0.15) is 0 Å². The minimum absolute atomic E-state index is 0.00801. The van der Waals surface area contributed by atoms with Gasteiger partial charge in [0.25, 0.3) is 5.91 Å². The van der Waals surface area contributed by atoms with E-state index in [4.69, 9.17) is 22.1 Å². The summed E-state index contributed by atoms with van der Waals surface area (Å²) in [6.45, 7) is 2.61. The van der Waals surface area contributed by atoms with Crippen LogP contribution in [-0.4, -0.2) is 19.1 Å². The molecule has 4 nitrogen and oxygen atoms in total.